The van der Waals surface area contributed by atoms with Gasteiger partial charge in [0.2, 0.25) is 0 Å². The van der Waals surface area contributed by atoms with Gasteiger partial charge in [-0.1, -0.05) is 19.1 Å². The van der Waals surface area contributed by atoms with E-state index in [0.29, 0.717) is 18.1 Å². The Kier molecular flexibility index (Phi) is 6.44. The summed E-state index contributed by atoms with van der Waals surface area (Å²) in [4.78, 5) is 13.3. The fourth-order valence-electron chi connectivity index (χ4n) is 0.889. The predicted octanol–water partition coefficient (Wildman–Crippen LogP) is 0.158. The lowest BCUT2D eigenvalue weighted by Gasteiger charge is -2.17. The first-order valence-corrected chi connectivity index (χ1v) is 4.67. The zero-order valence-electron chi connectivity index (χ0n) is 8.08. The molecule has 2 N–H and O–H groups in total. The minimum Gasteiger partial charge on any atom is -0.465 e. The van der Waals surface area contributed by atoms with Crippen molar-refractivity contribution in [1.82, 2.24) is 4.90 Å². The molecule has 13 heavy (non-hydrogen) atoms. The fourth-order valence-corrected chi connectivity index (χ4v) is 1.07. The Balaban J connectivity index is 3.83. The van der Waals surface area contributed by atoms with E-state index in [1.807, 2.05) is 11.8 Å². The standard InChI is InChI=1S/C8H16N2O2S/c1-3-10(5-7(9)13)6-8(11)12-4-2/h3-6H2,1-2H3,(H2,9,13). The number of rotatable bonds is 6. The Bertz CT molecular complexity index is 185. The minimum absolute atomic E-state index is 0.236. The van der Waals surface area contributed by atoms with Crippen molar-refractivity contribution in [2.24, 2.45) is 5.73 Å². The van der Waals surface area contributed by atoms with Crippen LogP contribution in [0.3, 0.4) is 0 Å². The number of carbonyl (C=O) groups is 1. The van der Waals surface area contributed by atoms with E-state index in [2.05, 4.69) is 0 Å². The third-order valence-electron chi connectivity index (χ3n) is 1.48. The highest BCUT2D eigenvalue weighted by molar-refractivity contribution is 7.80. The molecule has 0 aliphatic heterocycles. The topological polar surface area (TPSA) is 55.6 Å². The largest absolute Gasteiger partial charge is 0.465 e. The second-order valence-corrected chi connectivity index (χ2v) is 3.10. The highest BCUT2D eigenvalue weighted by Crippen LogP contribution is 1.89. The number of hydrogen-bond donors (Lipinski definition) is 1. The molecule has 0 saturated heterocycles. The minimum atomic E-state index is -0.236. The molecule has 0 amide bonds. The summed E-state index contributed by atoms with van der Waals surface area (Å²) in [5, 5.41) is 0. The fraction of sp³-hybridized carbons (Fsp3) is 0.750. The summed E-state index contributed by atoms with van der Waals surface area (Å²) in [6.45, 7) is 5.57. The second kappa shape index (κ2) is 6.80. The van der Waals surface area contributed by atoms with Crippen molar-refractivity contribution in [2.45, 2.75) is 13.8 Å². The van der Waals surface area contributed by atoms with Gasteiger partial charge in [0.15, 0.2) is 0 Å². The summed E-state index contributed by atoms with van der Waals surface area (Å²) in [6.07, 6.45) is 0. The number of thiocarbonyl (C=S) groups is 1. The smallest absolute Gasteiger partial charge is 0.320 e. The van der Waals surface area contributed by atoms with Gasteiger partial charge in [-0.25, -0.2) is 0 Å². The van der Waals surface area contributed by atoms with Crippen molar-refractivity contribution in [3.63, 3.8) is 0 Å². The van der Waals surface area contributed by atoms with Gasteiger partial charge in [-0.3, -0.25) is 9.69 Å². The van der Waals surface area contributed by atoms with Gasteiger partial charge in [0, 0.05) is 6.54 Å². The number of ether oxygens (including phenoxy) is 1. The first kappa shape index (κ1) is 12.3. The molecule has 0 bridgehead atoms. The summed E-state index contributed by atoms with van der Waals surface area (Å²) in [5.74, 6) is -0.236. The van der Waals surface area contributed by atoms with E-state index in [1.165, 1.54) is 0 Å². The Labute approximate surface area is 84.0 Å². The van der Waals surface area contributed by atoms with Gasteiger partial charge in [0.1, 0.15) is 0 Å². The number of nitrogens with two attached hydrogens (primary N) is 1. The zero-order chi connectivity index (χ0) is 10.3. The molecule has 0 aromatic heterocycles. The molecular weight excluding hydrogens is 188 g/mol. The maximum Gasteiger partial charge on any atom is 0.320 e. The Hall–Kier alpha value is -0.680. The van der Waals surface area contributed by atoms with Gasteiger partial charge < -0.3 is 10.5 Å². The SMILES string of the molecule is CCOC(=O)CN(CC)CC(N)=S. The normalized spacial score (nSPS) is 10.1. The van der Waals surface area contributed by atoms with E-state index < -0.39 is 0 Å². The Morgan fingerprint density at radius 3 is 2.46 bits per heavy atom. The molecule has 0 atom stereocenters. The summed E-state index contributed by atoms with van der Waals surface area (Å²) in [6, 6.07) is 0. The van der Waals surface area contributed by atoms with Gasteiger partial charge >= 0.3 is 5.97 Å². The van der Waals surface area contributed by atoms with E-state index >= 15 is 0 Å². The van der Waals surface area contributed by atoms with Crippen molar-refractivity contribution in [2.75, 3.05) is 26.2 Å². The number of hydrogen-bond acceptors (Lipinski definition) is 4. The average Bonchev–Trinajstić information content (AvgIpc) is 2.02. The maximum atomic E-state index is 11.0. The molecule has 76 valence electrons. The molecule has 0 aliphatic rings. The molecule has 0 aromatic carbocycles. The van der Waals surface area contributed by atoms with E-state index in [0.717, 1.165) is 6.54 Å². The average molecular weight is 204 g/mol. The lowest BCUT2D eigenvalue weighted by atomic mass is 10.4. The van der Waals surface area contributed by atoms with Crippen molar-refractivity contribution in [3.8, 4) is 0 Å². The van der Waals surface area contributed by atoms with Crippen molar-refractivity contribution in [1.29, 1.82) is 0 Å². The quantitative estimate of drug-likeness (QED) is 0.493. The number of esters is 1. The van der Waals surface area contributed by atoms with E-state index in [9.17, 15) is 4.79 Å². The Morgan fingerprint density at radius 1 is 1.46 bits per heavy atom. The van der Waals surface area contributed by atoms with E-state index in [1.54, 1.807) is 6.92 Å². The van der Waals surface area contributed by atoms with Gasteiger partial charge in [0.25, 0.3) is 0 Å². The molecule has 0 rings (SSSR count). The maximum absolute atomic E-state index is 11.0. The first-order valence-electron chi connectivity index (χ1n) is 4.26. The van der Waals surface area contributed by atoms with Crippen LogP contribution in [0.1, 0.15) is 13.8 Å². The van der Waals surface area contributed by atoms with Crippen LogP contribution in [0.25, 0.3) is 0 Å². The molecule has 0 radical (unpaired) electrons. The number of likely N-dealkylation sites (N-methyl/N-ethyl adjacent to an activating group) is 1. The van der Waals surface area contributed by atoms with Crippen molar-refractivity contribution in [3.05, 3.63) is 0 Å². The summed E-state index contributed by atoms with van der Waals surface area (Å²) in [5.41, 5.74) is 5.36. The van der Waals surface area contributed by atoms with Crippen LogP contribution >= 0.6 is 12.2 Å². The molecule has 5 heteroatoms. The summed E-state index contributed by atoms with van der Waals surface area (Å²) >= 11 is 4.74. The number of carbonyl (C=O) groups excluding carboxylic acids is 1. The lowest BCUT2D eigenvalue weighted by Crippen LogP contribution is -2.37. The van der Waals surface area contributed by atoms with Crippen LogP contribution in [0.15, 0.2) is 0 Å². The van der Waals surface area contributed by atoms with Crippen LogP contribution in [0.5, 0.6) is 0 Å². The molecular formula is C8H16N2O2S. The first-order chi connectivity index (χ1) is 6.10. The van der Waals surface area contributed by atoms with Gasteiger partial charge in [-0.05, 0) is 13.5 Å². The van der Waals surface area contributed by atoms with Crippen LogP contribution < -0.4 is 5.73 Å². The Morgan fingerprint density at radius 2 is 2.08 bits per heavy atom. The van der Waals surface area contributed by atoms with Gasteiger partial charge in [0.05, 0.1) is 18.1 Å². The third kappa shape index (κ3) is 6.48. The summed E-state index contributed by atoms with van der Waals surface area (Å²) < 4.78 is 4.79. The predicted molar refractivity (Wildman–Crippen MR) is 55.5 cm³/mol. The highest BCUT2D eigenvalue weighted by Gasteiger charge is 2.09. The lowest BCUT2D eigenvalue weighted by molar-refractivity contribution is -0.144. The van der Waals surface area contributed by atoms with Crippen LogP contribution in [0, 0.1) is 0 Å². The zero-order valence-corrected chi connectivity index (χ0v) is 8.89. The molecule has 0 spiro atoms. The van der Waals surface area contributed by atoms with E-state index in [-0.39, 0.29) is 12.5 Å². The summed E-state index contributed by atoms with van der Waals surface area (Å²) in [7, 11) is 0. The molecule has 0 saturated carbocycles. The molecule has 4 nitrogen and oxygen atoms in total. The van der Waals surface area contributed by atoms with Crippen LogP contribution in [-0.2, 0) is 9.53 Å². The van der Waals surface area contributed by atoms with Crippen LogP contribution in [0.4, 0.5) is 0 Å². The van der Waals surface area contributed by atoms with Crippen LogP contribution in [0.2, 0.25) is 0 Å². The molecule has 0 heterocycles. The van der Waals surface area contributed by atoms with E-state index in [4.69, 9.17) is 22.7 Å². The van der Waals surface area contributed by atoms with Crippen molar-refractivity contribution < 1.29 is 9.53 Å². The number of nitrogens with zero attached hydrogens (tertiary/aromatic N) is 1. The monoisotopic (exact) mass is 204 g/mol. The van der Waals surface area contributed by atoms with Crippen LogP contribution in [-0.4, -0.2) is 42.1 Å². The van der Waals surface area contributed by atoms with Crippen molar-refractivity contribution >= 4 is 23.2 Å². The molecule has 0 aromatic rings. The molecule has 0 aliphatic carbocycles. The molecule has 0 unspecified atom stereocenters. The molecule has 0 fully saturated rings. The highest BCUT2D eigenvalue weighted by atomic mass is 32.1. The van der Waals surface area contributed by atoms with Gasteiger partial charge in [-0.15, -0.1) is 0 Å². The van der Waals surface area contributed by atoms with Gasteiger partial charge in [-0.2, -0.15) is 0 Å². The second-order valence-electron chi connectivity index (χ2n) is 2.57. The third-order valence-corrected chi connectivity index (χ3v) is 1.61.